The Morgan fingerprint density at radius 1 is 0.967 bits per heavy atom. The van der Waals surface area contributed by atoms with E-state index in [4.69, 9.17) is 0 Å². The van der Waals surface area contributed by atoms with Gasteiger partial charge in [0.15, 0.2) is 0 Å². The molecular formula is C23H23FN2O3S. The summed E-state index contributed by atoms with van der Waals surface area (Å²) in [4.78, 5) is 13.1. The third-order valence-corrected chi connectivity index (χ3v) is 6.17. The number of carbonyl (C=O) groups is 1. The van der Waals surface area contributed by atoms with Crippen LogP contribution in [0.2, 0.25) is 0 Å². The summed E-state index contributed by atoms with van der Waals surface area (Å²) < 4.78 is 41.8. The Kier molecular flexibility index (Phi) is 6.64. The maximum atomic E-state index is 13.6. The van der Waals surface area contributed by atoms with Gasteiger partial charge in [0.2, 0.25) is 15.9 Å². The number of hydrogen-bond acceptors (Lipinski definition) is 3. The van der Waals surface area contributed by atoms with Crippen LogP contribution < -0.4 is 10.0 Å². The van der Waals surface area contributed by atoms with Crippen molar-refractivity contribution in [2.75, 3.05) is 5.32 Å². The Bertz CT molecular complexity index is 1130. The van der Waals surface area contributed by atoms with Crippen LogP contribution in [0.1, 0.15) is 16.7 Å². The van der Waals surface area contributed by atoms with E-state index in [1.54, 1.807) is 25.1 Å². The van der Waals surface area contributed by atoms with Gasteiger partial charge in [0.25, 0.3) is 0 Å². The minimum absolute atomic E-state index is 0.0703. The van der Waals surface area contributed by atoms with Crippen molar-refractivity contribution in [2.24, 2.45) is 0 Å². The average molecular weight is 427 g/mol. The summed E-state index contributed by atoms with van der Waals surface area (Å²) in [6.45, 7) is 3.59. The largest absolute Gasteiger partial charge is 0.324 e. The third-order valence-electron chi connectivity index (χ3n) is 4.69. The molecule has 1 atom stereocenters. The number of halogens is 1. The summed E-state index contributed by atoms with van der Waals surface area (Å²) in [7, 11) is -3.94. The van der Waals surface area contributed by atoms with E-state index in [9.17, 15) is 17.6 Å². The molecule has 0 spiro atoms. The highest BCUT2D eigenvalue weighted by Crippen LogP contribution is 2.18. The van der Waals surface area contributed by atoms with E-state index in [0.717, 1.165) is 11.1 Å². The molecule has 3 rings (SSSR count). The number of hydrogen-bond donors (Lipinski definition) is 2. The van der Waals surface area contributed by atoms with Crippen LogP contribution in [0.4, 0.5) is 10.1 Å². The maximum absolute atomic E-state index is 13.6. The van der Waals surface area contributed by atoms with E-state index >= 15 is 0 Å². The minimum Gasteiger partial charge on any atom is -0.324 e. The molecule has 0 heterocycles. The fourth-order valence-electron chi connectivity index (χ4n) is 2.96. The highest BCUT2D eigenvalue weighted by atomic mass is 32.2. The number of rotatable bonds is 7. The Hall–Kier alpha value is -3.03. The van der Waals surface area contributed by atoms with Crippen molar-refractivity contribution in [3.63, 3.8) is 0 Å². The number of amides is 1. The Balaban J connectivity index is 1.88. The zero-order valence-corrected chi connectivity index (χ0v) is 17.5. The number of aryl methyl sites for hydroxylation is 2. The van der Waals surface area contributed by atoms with Crippen molar-refractivity contribution in [3.05, 3.63) is 95.3 Å². The molecule has 5 nitrogen and oxygen atoms in total. The van der Waals surface area contributed by atoms with Crippen LogP contribution in [0, 0.1) is 19.7 Å². The molecule has 2 N–H and O–H groups in total. The van der Waals surface area contributed by atoms with E-state index in [1.807, 2.05) is 37.3 Å². The van der Waals surface area contributed by atoms with Crippen molar-refractivity contribution in [1.29, 1.82) is 0 Å². The smallest absolute Gasteiger partial charge is 0.242 e. The van der Waals surface area contributed by atoms with Crippen LogP contribution in [0.15, 0.2) is 77.7 Å². The molecule has 0 unspecified atom stereocenters. The fraction of sp³-hybridized carbons (Fsp3) is 0.174. The summed E-state index contributed by atoms with van der Waals surface area (Å²) in [5.74, 6) is -1.06. The first-order valence-electron chi connectivity index (χ1n) is 9.44. The lowest BCUT2D eigenvalue weighted by Crippen LogP contribution is -2.45. The van der Waals surface area contributed by atoms with Crippen LogP contribution in [-0.4, -0.2) is 20.4 Å². The molecular weight excluding hydrogens is 403 g/mol. The molecule has 0 bridgehead atoms. The van der Waals surface area contributed by atoms with E-state index in [1.165, 1.54) is 24.3 Å². The zero-order chi connectivity index (χ0) is 21.7. The summed E-state index contributed by atoms with van der Waals surface area (Å²) in [6.07, 6.45) is 0.145. The first-order chi connectivity index (χ1) is 14.2. The molecule has 3 aromatic rings. The van der Waals surface area contributed by atoms with Gasteiger partial charge in [-0.25, -0.2) is 12.8 Å². The van der Waals surface area contributed by atoms with E-state index in [-0.39, 0.29) is 11.3 Å². The number of sulfonamides is 1. The van der Waals surface area contributed by atoms with E-state index in [0.29, 0.717) is 11.3 Å². The number of anilines is 1. The molecule has 0 aliphatic rings. The standard InChI is InChI=1S/C23H23FN2O3S/c1-16-8-12-20(13-9-16)30(28,29)26-22(14-18-6-4-3-5-7-18)23(27)25-21-15-19(24)11-10-17(21)2/h3-13,15,22,26H,14H2,1-2H3,(H,25,27)/t22-/m1/s1. The lowest BCUT2D eigenvalue weighted by atomic mass is 10.1. The summed E-state index contributed by atoms with van der Waals surface area (Å²) in [5, 5.41) is 2.65. The molecule has 0 aromatic heterocycles. The fourth-order valence-corrected chi connectivity index (χ4v) is 4.15. The lowest BCUT2D eigenvalue weighted by molar-refractivity contribution is -0.117. The Labute approximate surface area is 176 Å². The minimum atomic E-state index is -3.94. The number of nitrogens with one attached hydrogen (secondary N) is 2. The molecule has 30 heavy (non-hydrogen) atoms. The Morgan fingerprint density at radius 2 is 1.63 bits per heavy atom. The van der Waals surface area contributed by atoms with Crippen LogP contribution in [0.3, 0.4) is 0 Å². The highest BCUT2D eigenvalue weighted by Gasteiger charge is 2.26. The maximum Gasteiger partial charge on any atom is 0.242 e. The molecule has 3 aromatic carbocycles. The molecule has 0 aliphatic carbocycles. The highest BCUT2D eigenvalue weighted by molar-refractivity contribution is 7.89. The van der Waals surface area contributed by atoms with Gasteiger partial charge >= 0.3 is 0 Å². The molecule has 0 saturated carbocycles. The number of benzene rings is 3. The van der Waals surface area contributed by atoms with E-state index < -0.39 is 27.8 Å². The zero-order valence-electron chi connectivity index (χ0n) is 16.7. The topological polar surface area (TPSA) is 75.3 Å². The van der Waals surface area contributed by atoms with Crippen molar-refractivity contribution in [3.8, 4) is 0 Å². The van der Waals surface area contributed by atoms with Crippen molar-refractivity contribution in [1.82, 2.24) is 4.72 Å². The van der Waals surface area contributed by atoms with Gasteiger partial charge in [-0.05, 0) is 55.7 Å². The quantitative estimate of drug-likeness (QED) is 0.600. The van der Waals surface area contributed by atoms with Crippen molar-refractivity contribution in [2.45, 2.75) is 31.2 Å². The summed E-state index contributed by atoms with van der Waals surface area (Å²) in [5.41, 5.74) is 2.69. The van der Waals surface area contributed by atoms with Crippen LogP contribution in [-0.2, 0) is 21.2 Å². The van der Waals surface area contributed by atoms with Crippen molar-refractivity contribution >= 4 is 21.6 Å². The van der Waals surface area contributed by atoms with Gasteiger partial charge in [-0.15, -0.1) is 0 Å². The lowest BCUT2D eigenvalue weighted by Gasteiger charge is -2.19. The normalized spacial score (nSPS) is 12.4. The number of carbonyl (C=O) groups excluding carboxylic acids is 1. The molecule has 0 fully saturated rings. The average Bonchev–Trinajstić information content (AvgIpc) is 2.71. The summed E-state index contributed by atoms with van der Waals surface area (Å²) >= 11 is 0. The first-order valence-corrected chi connectivity index (χ1v) is 10.9. The van der Waals surface area contributed by atoms with Crippen LogP contribution in [0.25, 0.3) is 0 Å². The Morgan fingerprint density at radius 3 is 2.30 bits per heavy atom. The van der Waals surface area contributed by atoms with Crippen LogP contribution in [0.5, 0.6) is 0 Å². The second-order valence-electron chi connectivity index (χ2n) is 7.13. The molecule has 1 amide bonds. The molecule has 0 radical (unpaired) electrons. The molecule has 156 valence electrons. The predicted molar refractivity (Wildman–Crippen MR) is 115 cm³/mol. The van der Waals surface area contributed by atoms with Crippen LogP contribution >= 0.6 is 0 Å². The van der Waals surface area contributed by atoms with E-state index in [2.05, 4.69) is 10.0 Å². The summed E-state index contributed by atoms with van der Waals surface area (Å²) in [6, 6.07) is 18.4. The monoisotopic (exact) mass is 426 g/mol. The van der Waals surface area contributed by atoms with Gasteiger partial charge in [-0.2, -0.15) is 4.72 Å². The molecule has 0 saturated heterocycles. The third kappa shape index (κ3) is 5.52. The van der Waals surface area contributed by atoms with Gasteiger partial charge in [0, 0.05) is 5.69 Å². The van der Waals surface area contributed by atoms with Gasteiger partial charge in [-0.3, -0.25) is 4.79 Å². The van der Waals surface area contributed by atoms with Gasteiger partial charge in [0.1, 0.15) is 11.9 Å². The SMILES string of the molecule is Cc1ccc(S(=O)(=O)N[C@H](Cc2ccccc2)C(=O)Nc2cc(F)ccc2C)cc1. The van der Waals surface area contributed by atoms with Gasteiger partial charge in [0.05, 0.1) is 4.90 Å². The first kappa shape index (κ1) is 21.7. The van der Waals surface area contributed by atoms with Gasteiger partial charge < -0.3 is 5.32 Å². The van der Waals surface area contributed by atoms with Crippen molar-refractivity contribution < 1.29 is 17.6 Å². The van der Waals surface area contributed by atoms with Gasteiger partial charge in [-0.1, -0.05) is 54.1 Å². The second kappa shape index (κ2) is 9.19. The molecule has 0 aliphatic heterocycles. The predicted octanol–water partition coefficient (Wildman–Crippen LogP) is 3.97. The second-order valence-corrected chi connectivity index (χ2v) is 8.84. The molecule has 7 heteroatoms.